The van der Waals surface area contributed by atoms with E-state index < -0.39 is 36.0 Å². The van der Waals surface area contributed by atoms with Crippen molar-refractivity contribution < 1.29 is 27.6 Å². The predicted molar refractivity (Wildman–Crippen MR) is 129 cm³/mol. The summed E-state index contributed by atoms with van der Waals surface area (Å²) in [6, 6.07) is 13.7. The van der Waals surface area contributed by atoms with Crippen molar-refractivity contribution >= 4 is 23.4 Å². The Morgan fingerprint density at radius 3 is 1.91 bits per heavy atom. The third-order valence-corrected chi connectivity index (χ3v) is 5.35. The van der Waals surface area contributed by atoms with E-state index in [1.54, 1.807) is 61.6 Å². The number of hydrogen-bond acceptors (Lipinski definition) is 3. The Morgan fingerprint density at radius 2 is 1.40 bits per heavy atom. The molecule has 0 radical (unpaired) electrons. The van der Waals surface area contributed by atoms with E-state index >= 15 is 0 Å². The average molecular weight is 492 g/mol. The second kappa shape index (κ2) is 12.4. The van der Waals surface area contributed by atoms with Crippen LogP contribution in [0, 0.1) is 5.92 Å². The number of hydrogen-bond donors (Lipinski definition) is 3. The van der Waals surface area contributed by atoms with Crippen LogP contribution in [0.1, 0.15) is 51.2 Å². The largest absolute Gasteiger partial charge is 0.471 e. The van der Waals surface area contributed by atoms with Gasteiger partial charge in [-0.25, -0.2) is 0 Å². The van der Waals surface area contributed by atoms with Crippen LogP contribution in [-0.4, -0.2) is 36.0 Å². The van der Waals surface area contributed by atoms with Crippen LogP contribution in [0.3, 0.4) is 0 Å². The van der Waals surface area contributed by atoms with E-state index in [0.29, 0.717) is 11.6 Å². The molecule has 3 N–H and O–H groups in total. The van der Waals surface area contributed by atoms with Gasteiger partial charge in [0.2, 0.25) is 11.8 Å². The maximum Gasteiger partial charge on any atom is 0.471 e. The molecule has 0 fully saturated rings. The molecular formula is C26H32F3N3O3. The molecule has 2 rings (SSSR count). The zero-order chi connectivity index (χ0) is 26.2. The molecule has 0 aromatic heterocycles. The summed E-state index contributed by atoms with van der Waals surface area (Å²) in [6.07, 6.45) is -5.04. The minimum absolute atomic E-state index is 0.0238. The van der Waals surface area contributed by atoms with Gasteiger partial charge in [0.15, 0.2) is 0 Å². The molecule has 9 heteroatoms. The van der Waals surface area contributed by atoms with Crippen LogP contribution in [0.2, 0.25) is 0 Å². The number of halogens is 3. The van der Waals surface area contributed by atoms with Gasteiger partial charge in [-0.05, 0) is 41.5 Å². The number of anilines is 1. The normalized spacial score (nSPS) is 13.3. The van der Waals surface area contributed by atoms with E-state index in [1.807, 2.05) is 26.0 Å². The molecule has 190 valence electrons. The molecular weight excluding hydrogens is 459 g/mol. The number of nitrogens with one attached hydrogen (secondary N) is 3. The topological polar surface area (TPSA) is 87.3 Å². The Morgan fingerprint density at radius 1 is 0.800 bits per heavy atom. The van der Waals surface area contributed by atoms with Crippen LogP contribution in [0.25, 0.3) is 0 Å². The fraction of sp³-hybridized carbons (Fsp3) is 0.423. The first kappa shape index (κ1) is 27.9. The molecule has 0 aliphatic rings. The van der Waals surface area contributed by atoms with Gasteiger partial charge in [0.05, 0.1) is 0 Å². The zero-order valence-corrected chi connectivity index (χ0v) is 20.3. The first-order valence-electron chi connectivity index (χ1n) is 11.5. The molecule has 2 aromatic carbocycles. The lowest BCUT2D eigenvalue weighted by Gasteiger charge is -2.24. The lowest BCUT2D eigenvalue weighted by atomic mass is 10.0. The quantitative estimate of drug-likeness (QED) is 0.455. The molecule has 0 unspecified atom stereocenters. The molecule has 35 heavy (non-hydrogen) atoms. The van der Waals surface area contributed by atoms with Crippen molar-refractivity contribution in [2.45, 2.75) is 64.7 Å². The van der Waals surface area contributed by atoms with Gasteiger partial charge in [-0.15, -0.1) is 0 Å². The molecule has 0 saturated carbocycles. The Balaban J connectivity index is 2.23. The Bertz CT molecular complexity index is 990. The summed E-state index contributed by atoms with van der Waals surface area (Å²) < 4.78 is 38.4. The molecule has 2 aromatic rings. The van der Waals surface area contributed by atoms with E-state index in [-0.39, 0.29) is 18.8 Å². The molecule has 0 bridgehead atoms. The smallest absolute Gasteiger partial charge is 0.342 e. The highest BCUT2D eigenvalue weighted by Crippen LogP contribution is 2.18. The van der Waals surface area contributed by atoms with Crippen LogP contribution in [0.15, 0.2) is 54.6 Å². The fourth-order valence-electron chi connectivity index (χ4n) is 3.46. The highest BCUT2D eigenvalue weighted by molar-refractivity contribution is 5.98. The highest BCUT2D eigenvalue weighted by atomic mass is 19.4. The van der Waals surface area contributed by atoms with Crippen LogP contribution >= 0.6 is 0 Å². The van der Waals surface area contributed by atoms with Crippen LogP contribution in [-0.2, 0) is 20.8 Å². The first-order chi connectivity index (χ1) is 16.4. The highest BCUT2D eigenvalue weighted by Gasteiger charge is 2.41. The second-order valence-electron chi connectivity index (χ2n) is 9.17. The lowest BCUT2D eigenvalue weighted by molar-refractivity contribution is -0.174. The number of amides is 3. The summed E-state index contributed by atoms with van der Waals surface area (Å²) in [5, 5.41) is 7.06. The summed E-state index contributed by atoms with van der Waals surface area (Å²) in [6.45, 7) is 7.53. The molecule has 0 aliphatic heterocycles. The molecule has 3 amide bonds. The third-order valence-electron chi connectivity index (χ3n) is 5.35. The maximum atomic E-state index is 13.1. The number of benzene rings is 2. The Labute approximate surface area is 203 Å². The van der Waals surface area contributed by atoms with E-state index in [2.05, 4.69) is 10.6 Å². The SMILES string of the molecule is CC(C)C[C@H](NC(=O)C(F)(F)F)C(=O)N[C@@H](Cc1ccccc1)C(=O)Nc1ccc(C(C)C)cc1. The van der Waals surface area contributed by atoms with Crippen molar-refractivity contribution in [1.29, 1.82) is 0 Å². The molecule has 0 spiro atoms. The molecule has 0 aliphatic carbocycles. The number of carbonyl (C=O) groups is 3. The minimum atomic E-state index is -5.13. The van der Waals surface area contributed by atoms with E-state index in [9.17, 15) is 27.6 Å². The van der Waals surface area contributed by atoms with Crippen molar-refractivity contribution in [2.75, 3.05) is 5.32 Å². The van der Waals surface area contributed by atoms with Gasteiger partial charge in [-0.2, -0.15) is 13.2 Å². The van der Waals surface area contributed by atoms with Crippen molar-refractivity contribution in [1.82, 2.24) is 10.6 Å². The molecule has 0 saturated heterocycles. The number of rotatable bonds is 10. The van der Waals surface area contributed by atoms with Gasteiger partial charge in [-0.1, -0.05) is 70.2 Å². The summed E-state index contributed by atoms with van der Waals surface area (Å²) in [5.41, 5.74) is 2.37. The average Bonchev–Trinajstić information content (AvgIpc) is 2.78. The van der Waals surface area contributed by atoms with Gasteiger partial charge < -0.3 is 16.0 Å². The van der Waals surface area contributed by atoms with Gasteiger partial charge in [-0.3, -0.25) is 14.4 Å². The van der Waals surface area contributed by atoms with Gasteiger partial charge in [0.25, 0.3) is 0 Å². The first-order valence-corrected chi connectivity index (χ1v) is 11.5. The number of carbonyl (C=O) groups excluding carboxylic acids is 3. The Hall–Kier alpha value is -3.36. The van der Waals surface area contributed by atoms with Crippen molar-refractivity contribution in [2.24, 2.45) is 5.92 Å². The number of alkyl halides is 3. The van der Waals surface area contributed by atoms with E-state index in [0.717, 1.165) is 11.1 Å². The molecule has 2 atom stereocenters. The lowest BCUT2D eigenvalue weighted by Crippen LogP contribution is -2.55. The molecule has 0 heterocycles. The van der Waals surface area contributed by atoms with Gasteiger partial charge in [0, 0.05) is 12.1 Å². The van der Waals surface area contributed by atoms with Gasteiger partial charge >= 0.3 is 12.1 Å². The van der Waals surface area contributed by atoms with E-state index in [4.69, 9.17) is 0 Å². The van der Waals surface area contributed by atoms with Crippen LogP contribution < -0.4 is 16.0 Å². The monoisotopic (exact) mass is 491 g/mol. The van der Waals surface area contributed by atoms with Crippen LogP contribution in [0.5, 0.6) is 0 Å². The third kappa shape index (κ3) is 9.07. The zero-order valence-electron chi connectivity index (χ0n) is 20.3. The fourth-order valence-corrected chi connectivity index (χ4v) is 3.46. The van der Waals surface area contributed by atoms with Gasteiger partial charge in [0.1, 0.15) is 12.1 Å². The van der Waals surface area contributed by atoms with Crippen molar-refractivity contribution in [3.05, 3.63) is 65.7 Å². The standard InChI is InChI=1S/C26H32F3N3O3/c1-16(2)14-21(32-25(35)26(27,28)29)24(34)31-22(15-18-8-6-5-7-9-18)23(33)30-20-12-10-19(11-13-20)17(3)4/h5-13,16-17,21-22H,14-15H2,1-4H3,(H,30,33)(H,31,34)(H,32,35)/t21-,22-/m0/s1. The Kier molecular flexibility index (Phi) is 9.86. The minimum Gasteiger partial charge on any atom is -0.342 e. The molecule has 6 nitrogen and oxygen atoms in total. The van der Waals surface area contributed by atoms with Crippen molar-refractivity contribution in [3.63, 3.8) is 0 Å². The van der Waals surface area contributed by atoms with Crippen molar-refractivity contribution in [3.8, 4) is 0 Å². The second-order valence-corrected chi connectivity index (χ2v) is 9.17. The maximum absolute atomic E-state index is 13.1. The predicted octanol–water partition coefficient (Wildman–Crippen LogP) is 4.57. The van der Waals surface area contributed by atoms with E-state index in [1.165, 1.54) is 0 Å². The summed E-state index contributed by atoms with van der Waals surface area (Å²) in [5.74, 6) is -3.45. The summed E-state index contributed by atoms with van der Waals surface area (Å²) in [7, 11) is 0. The summed E-state index contributed by atoms with van der Waals surface area (Å²) >= 11 is 0. The summed E-state index contributed by atoms with van der Waals surface area (Å²) in [4.78, 5) is 37.5. The van der Waals surface area contributed by atoms with Crippen LogP contribution in [0.4, 0.5) is 18.9 Å².